The average molecular weight is 362 g/mol. The Labute approximate surface area is 160 Å². The highest BCUT2D eigenvalue weighted by molar-refractivity contribution is 5.97. The molecule has 27 heavy (non-hydrogen) atoms. The normalized spacial score (nSPS) is 16.1. The van der Waals surface area contributed by atoms with E-state index in [0.29, 0.717) is 5.78 Å². The minimum absolute atomic E-state index is 0.144. The van der Waals surface area contributed by atoms with Gasteiger partial charge in [0.1, 0.15) is 0 Å². The first kappa shape index (κ1) is 17.9. The van der Waals surface area contributed by atoms with Gasteiger partial charge in [-0.05, 0) is 51.4 Å². The zero-order chi connectivity index (χ0) is 19.0. The number of piperidine rings is 1. The molecule has 0 amide bonds. The average Bonchev–Trinajstić information content (AvgIpc) is 2.96. The molecule has 0 aliphatic carbocycles. The lowest BCUT2D eigenvalue weighted by molar-refractivity contribution is 0.0835. The number of nitrogens with zero attached hydrogens (tertiary/aromatic N) is 4. The molecule has 1 saturated heterocycles. The van der Waals surface area contributed by atoms with Gasteiger partial charge in [-0.2, -0.15) is 5.10 Å². The lowest BCUT2D eigenvalue weighted by Gasteiger charge is -2.31. The minimum atomic E-state index is 0.144. The summed E-state index contributed by atoms with van der Waals surface area (Å²) >= 11 is 0. The quantitative estimate of drug-likeness (QED) is 0.665. The van der Waals surface area contributed by atoms with Crippen molar-refractivity contribution in [3.8, 4) is 0 Å². The molecule has 5 nitrogen and oxygen atoms in total. The van der Waals surface area contributed by atoms with Gasteiger partial charge in [0.15, 0.2) is 11.4 Å². The molecule has 0 spiro atoms. The Morgan fingerprint density at radius 2 is 1.85 bits per heavy atom. The van der Waals surface area contributed by atoms with Gasteiger partial charge in [-0.15, -0.1) is 0 Å². The largest absolute Gasteiger partial charge is 0.299 e. The standard InChI is InChI=1S/C22H26N4O/c1-15-4-6-18(7-5-15)21(27)19-8-10-26(11-9-19)14-17-12-20-16(2)24-25(3)22(20)23-13-17/h4-7,12-13,19H,8-11,14H2,1-3H3. The van der Waals surface area contributed by atoms with Gasteiger partial charge in [0, 0.05) is 36.7 Å². The Kier molecular flexibility index (Phi) is 4.79. The number of ketones is 1. The monoisotopic (exact) mass is 362 g/mol. The number of rotatable bonds is 4. The van der Waals surface area contributed by atoms with Crippen LogP contribution in [0.5, 0.6) is 0 Å². The Balaban J connectivity index is 1.38. The smallest absolute Gasteiger partial charge is 0.166 e. The van der Waals surface area contributed by atoms with Crippen LogP contribution in [-0.4, -0.2) is 38.5 Å². The van der Waals surface area contributed by atoms with Crippen molar-refractivity contribution in [2.75, 3.05) is 13.1 Å². The van der Waals surface area contributed by atoms with Crippen LogP contribution in [0.3, 0.4) is 0 Å². The number of likely N-dealkylation sites (tertiary alicyclic amines) is 1. The zero-order valence-corrected chi connectivity index (χ0v) is 16.3. The van der Waals surface area contributed by atoms with Gasteiger partial charge in [-0.3, -0.25) is 14.4 Å². The van der Waals surface area contributed by atoms with Crippen LogP contribution in [0.1, 0.15) is 40.0 Å². The van der Waals surface area contributed by atoms with Crippen LogP contribution in [-0.2, 0) is 13.6 Å². The number of fused-ring (bicyclic) bond motifs is 1. The molecule has 3 aromatic rings. The molecule has 4 rings (SSSR count). The van der Waals surface area contributed by atoms with Crippen LogP contribution < -0.4 is 0 Å². The van der Waals surface area contributed by atoms with E-state index in [1.807, 2.05) is 56.0 Å². The van der Waals surface area contributed by atoms with Gasteiger partial charge in [-0.25, -0.2) is 4.98 Å². The van der Waals surface area contributed by atoms with Crippen LogP contribution in [0.15, 0.2) is 36.5 Å². The van der Waals surface area contributed by atoms with Crippen molar-refractivity contribution >= 4 is 16.8 Å². The summed E-state index contributed by atoms with van der Waals surface area (Å²) in [6, 6.07) is 10.2. The molecule has 5 heteroatoms. The fraction of sp³-hybridized carbons (Fsp3) is 0.409. The molecule has 0 radical (unpaired) electrons. The van der Waals surface area contributed by atoms with Gasteiger partial charge in [0.05, 0.1) is 5.69 Å². The number of hydrogen-bond donors (Lipinski definition) is 0. The van der Waals surface area contributed by atoms with Gasteiger partial charge < -0.3 is 0 Å². The van der Waals surface area contributed by atoms with E-state index in [1.54, 1.807) is 0 Å². The third-order valence-corrected chi connectivity index (χ3v) is 5.62. The van der Waals surface area contributed by atoms with Crippen molar-refractivity contribution in [1.29, 1.82) is 0 Å². The molecule has 1 fully saturated rings. The van der Waals surface area contributed by atoms with Crippen molar-refractivity contribution in [2.45, 2.75) is 33.2 Å². The van der Waals surface area contributed by atoms with Gasteiger partial charge >= 0.3 is 0 Å². The zero-order valence-electron chi connectivity index (χ0n) is 16.3. The number of carbonyl (C=O) groups is 1. The molecule has 1 aliphatic rings. The first-order valence-electron chi connectivity index (χ1n) is 9.63. The molecular weight excluding hydrogens is 336 g/mol. The molecule has 3 heterocycles. The summed E-state index contributed by atoms with van der Waals surface area (Å²) < 4.78 is 1.83. The third kappa shape index (κ3) is 3.65. The van der Waals surface area contributed by atoms with Crippen LogP contribution in [0.25, 0.3) is 11.0 Å². The van der Waals surface area contributed by atoms with Crippen molar-refractivity contribution in [1.82, 2.24) is 19.7 Å². The predicted molar refractivity (Wildman–Crippen MR) is 107 cm³/mol. The predicted octanol–water partition coefficient (Wildman–Crippen LogP) is 3.68. The SMILES string of the molecule is Cc1ccc(C(=O)C2CCN(Cc3cnc4c(c3)c(C)nn4C)CC2)cc1. The lowest BCUT2D eigenvalue weighted by atomic mass is 9.88. The molecular formula is C22H26N4O. The van der Waals surface area contributed by atoms with Crippen LogP contribution in [0.4, 0.5) is 0 Å². The van der Waals surface area contributed by atoms with E-state index in [-0.39, 0.29) is 5.92 Å². The summed E-state index contributed by atoms with van der Waals surface area (Å²) in [5.41, 5.74) is 5.20. The second-order valence-electron chi connectivity index (χ2n) is 7.70. The van der Waals surface area contributed by atoms with E-state index in [0.717, 1.165) is 54.8 Å². The molecule has 2 aromatic heterocycles. The van der Waals surface area contributed by atoms with Crippen molar-refractivity contribution < 1.29 is 4.79 Å². The van der Waals surface area contributed by atoms with Crippen molar-refractivity contribution in [3.05, 3.63) is 58.9 Å². The Hall–Kier alpha value is -2.53. The third-order valence-electron chi connectivity index (χ3n) is 5.62. The van der Waals surface area contributed by atoms with Crippen molar-refractivity contribution in [3.63, 3.8) is 0 Å². The maximum absolute atomic E-state index is 12.7. The fourth-order valence-electron chi connectivity index (χ4n) is 4.00. The second kappa shape index (κ2) is 7.24. The maximum Gasteiger partial charge on any atom is 0.166 e. The molecule has 0 atom stereocenters. The molecule has 0 saturated carbocycles. The van der Waals surface area contributed by atoms with Gasteiger partial charge in [-0.1, -0.05) is 29.8 Å². The lowest BCUT2D eigenvalue weighted by Crippen LogP contribution is -2.36. The first-order valence-corrected chi connectivity index (χ1v) is 9.63. The summed E-state index contributed by atoms with van der Waals surface area (Å²) in [5.74, 6) is 0.439. The molecule has 1 aromatic carbocycles. The second-order valence-corrected chi connectivity index (χ2v) is 7.70. The topological polar surface area (TPSA) is 51.0 Å². The Morgan fingerprint density at radius 1 is 1.15 bits per heavy atom. The molecule has 0 N–H and O–H groups in total. The summed E-state index contributed by atoms with van der Waals surface area (Å²) in [4.78, 5) is 19.7. The van der Waals surface area contributed by atoms with E-state index in [2.05, 4.69) is 21.0 Å². The number of carbonyl (C=O) groups excluding carboxylic acids is 1. The van der Waals surface area contributed by atoms with E-state index in [4.69, 9.17) is 0 Å². The Morgan fingerprint density at radius 3 is 2.56 bits per heavy atom. The summed E-state index contributed by atoms with van der Waals surface area (Å²) in [6.07, 6.45) is 3.80. The fourth-order valence-corrected chi connectivity index (χ4v) is 4.00. The summed E-state index contributed by atoms with van der Waals surface area (Å²) in [6.45, 7) is 6.85. The number of aryl methyl sites for hydroxylation is 3. The van der Waals surface area contributed by atoms with E-state index < -0.39 is 0 Å². The van der Waals surface area contributed by atoms with Gasteiger partial charge in [0.25, 0.3) is 0 Å². The number of hydrogen-bond acceptors (Lipinski definition) is 4. The maximum atomic E-state index is 12.7. The van der Waals surface area contributed by atoms with Crippen molar-refractivity contribution in [2.24, 2.45) is 13.0 Å². The molecule has 0 bridgehead atoms. The van der Waals surface area contributed by atoms with Crippen LogP contribution in [0.2, 0.25) is 0 Å². The molecule has 1 aliphatic heterocycles. The summed E-state index contributed by atoms with van der Waals surface area (Å²) in [5, 5.41) is 5.57. The molecule has 140 valence electrons. The highest BCUT2D eigenvalue weighted by Crippen LogP contribution is 2.24. The van der Waals surface area contributed by atoms with E-state index in [1.165, 1.54) is 11.1 Å². The molecule has 0 unspecified atom stereocenters. The van der Waals surface area contributed by atoms with E-state index >= 15 is 0 Å². The first-order chi connectivity index (χ1) is 13.0. The van der Waals surface area contributed by atoms with Crippen LogP contribution in [0, 0.1) is 19.8 Å². The number of Topliss-reactive ketones (excluding diaryl/α,β-unsaturated/α-hetero) is 1. The van der Waals surface area contributed by atoms with Crippen LogP contribution >= 0.6 is 0 Å². The number of benzene rings is 1. The minimum Gasteiger partial charge on any atom is -0.299 e. The number of aromatic nitrogens is 3. The highest BCUT2D eigenvalue weighted by atomic mass is 16.1. The summed E-state index contributed by atoms with van der Waals surface area (Å²) in [7, 11) is 1.93. The highest BCUT2D eigenvalue weighted by Gasteiger charge is 2.25. The Bertz CT molecular complexity index is 966. The number of pyridine rings is 1. The van der Waals surface area contributed by atoms with Gasteiger partial charge in [0.2, 0.25) is 0 Å². The van der Waals surface area contributed by atoms with E-state index in [9.17, 15) is 4.79 Å².